The van der Waals surface area contributed by atoms with Crippen LogP contribution in [0.25, 0.3) is 6.08 Å². The predicted molar refractivity (Wildman–Crippen MR) is 111 cm³/mol. The summed E-state index contributed by atoms with van der Waals surface area (Å²) >= 11 is 0. The van der Waals surface area contributed by atoms with E-state index in [1.807, 2.05) is 48.5 Å². The Morgan fingerprint density at radius 1 is 0.967 bits per heavy atom. The molecule has 0 radical (unpaired) electrons. The first-order chi connectivity index (χ1) is 14.6. The average Bonchev–Trinajstić information content (AvgIpc) is 3.14. The summed E-state index contributed by atoms with van der Waals surface area (Å²) in [5.74, 6) is -0.911. The number of oxime groups is 1. The molecule has 6 heteroatoms. The molecule has 1 aliphatic heterocycles. The number of carbonyl (C=O) groups excluding carboxylic acids is 1. The second-order valence-corrected chi connectivity index (χ2v) is 6.57. The van der Waals surface area contributed by atoms with E-state index in [4.69, 9.17) is 14.7 Å². The van der Waals surface area contributed by atoms with Gasteiger partial charge in [0.1, 0.15) is 18.1 Å². The quantitative estimate of drug-likeness (QED) is 0.493. The van der Waals surface area contributed by atoms with Gasteiger partial charge in [-0.2, -0.15) is 0 Å². The van der Waals surface area contributed by atoms with Crippen molar-refractivity contribution < 1.29 is 24.3 Å². The molecule has 6 nitrogen and oxygen atoms in total. The molecule has 1 N–H and O–H groups in total. The Kier molecular flexibility index (Phi) is 5.39. The van der Waals surface area contributed by atoms with E-state index in [2.05, 4.69) is 5.16 Å². The third-order valence-corrected chi connectivity index (χ3v) is 4.56. The van der Waals surface area contributed by atoms with Crippen molar-refractivity contribution in [1.29, 1.82) is 0 Å². The van der Waals surface area contributed by atoms with Gasteiger partial charge in [0.15, 0.2) is 0 Å². The van der Waals surface area contributed by atoms with Crippen LogP contribution in [-0.2, 0) is 16.2 Å². The van der Waals surface area contributed by atoms with Crippen LogP contribution < -0.4 is 4.74 Å². The van der Waals surface area contributed by atoms with E-state index in [0.29, 0.717) is 22.6 Å². The fourth-order valence-corrected chi connectivity index (χ4v) is 3.00. The number of carboxylic acids is 1. The van der Waals surface area contributed by atoms with Crippen LogP contribution >= 0.6 is 0 Å². The Hall–Kier alpha value is -4.19. The molecule has 0 atom stereocenters. The van der Waals surface area contributed by atoms with E-state index in [-0.39, 0.29) is 12.2 Å². The number of benzene rings is 3. The van der Waals surface area contributed by atoms with Crippen LogP contribution in [-0.4, -0.2) is 22.8 Å². The Morgan fingerprint density at radius 2 is 1.67 bits per heavy atom. The van der Waals surface area contributed by atoms with Crippen LogP contribution in [0.3, 0.4) is 0 Å². The zero-order chi connectivity index (χ0) is 20.9. The number of para-hydroxylation sites is 1. The van der Waals surface area contributed by atoms with Crippen molar-refractivity contribution in [1.82, 2.24) is 0 Å². The number of hydrogen-bond acceptors (Lipinski definition) is 5. The molecule has 3 aromatic rings. The lowest BCUT2D eigenvalue weighted by Gasteiger charge is -2.10. The number of nitrogens with zero attached hydrogens (tertiary/aromatic N) is 1. The SMILES string of the molecule is O=C1ON=C(c2ccccc2)/C1=C/c1ccccc1OCc1ccc(C(=O)O)cc1. The van der Waals surface area contributed by atoms with Gasteiger partial charge in [-0.3, -0.25) is 0 Å². The van der Waals surface area contributed by atoms with Crippen LogP contribution in [0, 0.1) is 0 Å². The van der Waals surface area contributed by atoms with Gasteiger partial charge in [0, 0.05) is 11.1 Å². The maximum Gasteiger partial charge on any atom is 0.368 e. The Bertz CT molecular complexity index is 1150. The average molecular weight is 399 g/mol. The first kappa shape index (κ1) is 19.1. The summed E-state index contributed by atoms with van der Waals surface area (Å²) < 4.78 is 5.93. The van der Waals surface area contributed by atoms with E-state index in [1.165, 1.54) is 12.1 Å². The summed E-state index contributed by atoms with van der Waals surface area (Å²) in [7, 11) is 0. The molecule has 0 saturated carbocycles. The van der Waals surface area contributed by atoms with Crippen LogP contribution in [0.4, 0.5) is 0 Å². The largest absolute Gasteiger partial charge is 0.488 e. The number of carboxylic acid groups (broad SMARTS) is 1. The van der Waals surface area contributed by atoms with Crippen molar-refractivity contribution in [2.75, 3.05) is 0 Å². The minimum absolute atomic E-state index is 0.219. The highest BCUT2D eigenvalue weighted by Gasteiger charge is 2.27. The zero-order valence-electron chi connectivity index (χ0n) is 15.8. The lowest BCUT2D eigenvalue weighted by molar-refractivity contribution is -0.136. The van der Waals surface area contributed by atoms with Gasteiger partial charge in [-0.1, -0.05) is 65.8 Å². The Labute approximate surface area is 172 Å². The lowest BCUT2D eigenvalue weighted by atomic mass is 10.0. The molecule has 1 heterocycles. The molecule has 30 heavy (non-hydrogen) atoms. The maximum atomic E-state index is 12.2. The molecular formula is C24H17NO5. The molecular weight excluding hydrogens is 382 g/mol. The maximum absolute atomic E-state index is 12.2. The van der Waals surface area contributed by atoms with Crippen molar-refractivity contribution in [3.63, 3.8) is 0 Å². The summed E-state index contributed by atoms with van der Waals surface area (Å²) in [5.41, 5.74) is 3.36. The molecule has 148 valence electrons. The van der Waals surface area contributed by atoms with E-state index in [0.717, 1.165) is 11.1 Å². The van der Waals surface area contributed by atoms with Crippen LogP contribution in [0.2, 0.25) is 0 Å². The normalized spacial score (nSPS) is 14.3. The summed E-state index contributed by atoms with van der Waals surface area (Å²) in [6.07, 6.45) is 1.70. The third-order valence-electron chi connectivity index (χ3n) is 4.56. The van der Waals surface area contributed by atoms with Crippen LogP contribution in [0.5, 0.6) is 5.75 Å². The summed E-state index contributed by atoms with van der Waals surface area (Å²) in [5, 5.41) is 12.9. The van der Waals surface area contributed by atoms with Crippen molar-refractivity contribution in [2.24, 2.45) is 5.16 Å². The summed E-state index contributed by atoms with van der Waals surface area (Å²) in [6, 6.07) is 23.1. The Morgan fingerprint density at radius 3 is 2.40 bits per heavy atom. The first-order valence-electron chi connectivity index (χ1n) is 9.23. The molecule has 1 aliphatic rings. The second kappa shape index (κ2) is 8.45. The molecule has 0 saturated heterocycles. The predicted octanol–water partition coefficient (Wildman–Crippen LogP) is 4.31. The molecule has 0 bridgehead atoms. The van der Waals surface area contributed by atoms with E-state index in [1.54, 1.807) is 24.3 Å². The van der Waals surface area contributed by atoms with Gasteiger partial charge in [-0.25, -0.2) is 9.59 Å². The van der Waals surface area contributed by atoms with Crippen molar-refractivity contribution in [3.05, 3.63) is 107 Å². The van der Waals surface area contributed by atoms with Gasteiger partial charge >= 0.3 is 11.9 Å². The fourth-order valence-electron chi connectivity index (χ4n) is 3.00. The van der Waals surface area contributed by atoms with Crippen molar-refractivity contribution >= 4 is 23.7 Å². The number of carbonyl (C=O) groups is 2. The van der Waals surface area contributed by atoms with Gasteiger partial charge < -0.3 is 14.7 Å². The smallest absolute Gasteiger partial charge is 0.368 e. The number of ether oxygens (including phenoxy) is 1. The third kappa shape index (κ3) is 4.12. The van der Waals surface area contributed by atoms with E-state index >= 15 is 0 Å². The first-order valence-corrected chi connectivity index (χ1v) is 9.23. The van der Waals surface area contributed by atoms with Crippen LogP contribution in [0.1, 0.15) is 27.0 Å². The molecule has 0 fully saturated rings. The molecule has 0 unspecified atom stereocenters. The highest BCUT2D eigenvalue weighted by molar-refractivity contribution is 6.31. The molecule has 0 aromatic heterocycles. The lowest BCUT2D eigenvalue weighted by Crippen LogP contribution is -2.07. The number of rotatable bonds is 6. The van der Waals surface area contributed by atoms with Gasteiger partial charge in [-0.05, 0) is 29.8 Å². The molecule has 0 spiro atoms. The standard InChI is InChI=1S/C24H17NO5/c26-23(27)18-12-10-16(11-13-18)15-29-21-9-5-4-8-19(21)14-20-22(25-30-24(20)28)17-6-2-1-3-7-17/h1-14H,15H2,(H,26,27)/b20-14-. The van der Waals surface area contributed by atoms with E-state index < -0.39 is 11.9 Å². The van der Waals surface area contributed by atoms with Crippen molar-refractivity contribution in [3.8, 4) is 5.75 Å². The zero-order valence-corrected chi connectivity index (χ0v) is 15.8. The monoisotopic (exact) mass is 399 g/mol. The Balaban J connectivity index is 1.58. The number of hydrogen-bond donors (Lipinski definition) is 1. The minimum Gasteiger partial charge on any atom is -0.488 e. The molecule has 0 aliphatic carbocycles. The van der Waals surface area contributed by atoms with Crippen molar-refractivity contribution in [2.45, 2.75) is 6.61 Å². The van der Waals surface area contributed by atoms with Gasteiger partial charge in [0.05, 0.1) is 11.1 Å². The van der Waals surface area contributed by atoms with Gasteiger partial charge in [-0.15, -0.1) is 0 Å². The number of aromatic carboxylic acids is 1. The van der Waals surface area contributed by atoms with Crippen LogP contribution in [0.15, 0.2) is 89.6 Å². The topological polar surface area (TPSA) is 85.2 Å². The highest BCUT2D eigenvalue weighted by Crippen LogP contribution is 2.26. The highest BCUT2D eigenvalue weighted by atomic mass is 16.7. The minimum atomic E-state index is -0.973. The molecule has 3 aromatic carbocycles. The molecule has 4 rings (SSSR count). The van der Waals surface area contributed by atoms with Gasteiger partial charge in [0.25, 0.3) is 0 Å². The summed E-state index contributed by atoms with van der Waals surface area (Å²) in [6.45, 7) is 0.254. The van der Waals surface area contributed by atoms with E-state index in [9.17, 15) is 9.59 Å². The summed E-state index contributed by atoms with van der Waals surface area (Å²) in [4.78, 5) is 28.1. The molecule has 0 amide bonds. The van der Waals surface area contributed by atoms with Gasteiger partial charge in [0.2, 0.25) is 0 Å². The second-order valence-electron chi connectivity index (χ2n) is 6.57. The fraction of sp³-hybridized carbons (Fsp3) is 0.0417.